The molecule has 0 N–H and O–H groups in total. The first-order valence-corrected chi connectivity index (χ1v) is 8.49. The Bertz CT molecular complexity index is 743. The molecule has 2 aromatic carbocycles. The lowest BCUT2D eigenvalue weighted by molar-refractivity contribution is -0.148. The van der Waals surface area contributed by atoms with E-state index in [4.69, 9.17) is 21.1 Å². The van der Waals surface area contributed by atoms with Crippen LogP contribution < -0.4 is 4.74 Å². The van der Waals surface area contributed by atoms with Crippen LogP contribution in [0.2, 0.25) is 5.02 Å². The van der Waals surface area contributed by atoms with E-state index in [0.29, 0.717) is 17.7 Å². The standard InChI is InChI=1S/C20H21ClO4/c1-4-13(2)25-20(23)17(14-9-6-5-7-10-14)19(22)18-15(21)11-8-12-16(18)24-3/h5-13,17H,4H2,1-3H3. The predicted molar refractivity (Wildman–Crippen MR) is 97.4 cm³/mol. The van der Waals surface area contributed by atoms with E-state index in [2.05, 4.69) is 0 Å². The lowest BCUT2D eigenvalue weighted by atomic mass is 9.90. The number of halogens is 1. The van der Waals surface area contributed by atoms with E-state index in [1.165, 1.54) is 7.11 Å². The molecule has 0 spiro atoms. The first kappa shape index (κ1) is 19.0. The highest BCUT2D eigenvalue weighted by Gasteiger charge is 2.34. The maximum Gasteiger partial charge on any atom is 0.321 e. The number of ether oxygens (including phenoxy) is 2. The zero-order valence-corrected chi connectivity index (χ0v) is 15.2. The van der Waals surface area contributed by atoms with Gasteiger partial charge in [0.05, 0.1) is 23.8 Å². The summed E-state index contributed by atoms with van der Waals surface area (Å²) >= 11 is 6.22. The molecule has 0 radical (unpaired) electrons. The summed E-state index contributed by atoms with van der Waals surface area (Å²) in [6.45, 7) is 3.70. The molecule has 25 heavy (non-hydrogen) atoms. The molecule has 2 atom stereocenters. The lowest BCUT2D eigenvalue weighted by Gasteiger charge is -2.20. The number of rotatable bonds is 7. The largest absolute Gasteiger partial charge is 0.496 e. The van der Waals surface area contributed by atoms with E-state index < -0.39 is 17.7 Å². The van der Waals surface area contributed by atoms with Crippen molar-refractivity contribution in [3.8, 4) is 5.75 Å². The Kier molecular flexibility index (Phi) is 6.59. The van der Waals surface area contributed by atoms with Crippen molar-refractivity contribution in [2.24, 2.45) is 0 Å². The Balaban J connectivity index is 2.49. The summed E-state index contributed by atoms with van der Waals surface area (Å²) in [4.78, 5) is 25.9. The SMILES string of the molecule is CCC(C)OC(=O)C(C(=O)c1c(Cl)cccc1OC)c1ccccc1. The molecule has 0 saturated carbocycles. The molecule has 2 unspecified atom stereocenters. The number of Topliss-reactive ketones (excluding diaryl/α,β-unsaturated/α-hetero) is 1. The van der Waals surface area contributed by atoms with Crippen molar-refractivity contribution in [2.45, 2.75) is 32.3 Å². The Hall–Kier alpha value is -2.33. The fraction of sp³-hybridized carbons (Fsp3) is 0.300. The van der Waals surface area contributed by atoms with Crippen molar-refractivity contribution < 1.29 is 19.1 Å². The van der Waals surface area contributed by atoms with Gasteiger partial charge in [0, 0.05) is 0 Å². The van der Waals surface area contributed by atoms with E-state index in [1.807, 2.05) is 13.0 Å². The number of methoxy groups -OCH3 is 1. The Morgan fingerprint density at radius 1 is 1.08 bits per heavy atom. The van der Waals surface area contributed by atoms with Crippen LogP contribution in [0.25, 0.3) is 0 Å². The van der Waals surface area contributed by atoms with Crippen molar-refractivity contribution in [2.75, 3.05) is 7.11 Å². The molecule has 0 amide bonds. The minimum absolute atomic E-state index is 0.182. The zero-order chi connectivity index (χ0) is 18.4. The normalized spacial score (nSPS) is 13.0. The van der Waals surface area contributed by atoms with Crippen molar-refractivity contribution in [3.63, 3.8) is 0 Å². The third-order valence-electron chi connectivity index (χ3n) is 3.96. The summed E-state index contributed by atoms with van der Waals surface area (Å²) in [5.41, 5.74) is 0.740. The minimum atomic E-state index is -1.09. The summed E-state index contributed by atoms with van der Waals surface area (Å²) in [6, 6.07) is 13.7. The van der Waals surface area contributed by atoms with Gasteiger partial charge in [-0.15, -0.1) is 0 Å². The van der Waals surface area contributed by atoms with Crippen LogP contribution in [0.4, 0.5) is 0 Å². The molecule has 0 bridgehead atoms. The van der Waals surface area contributed by atoms with Gasteiger partial charge in [0.2, 0.25) is 0 Å². The second-order valence-electron chi connectivity index (χ2n) is 5.68. The van der Waals surface area contributed by atoms with Crippen LogP contribution in [-0.4, -0.2) is 25.0 Å². The van der Waals surface area contributed by atoms with Crippen LogP contribution >= 0.6 is 11.6 Å². The highest BCUT2D eigenvalue weighted by molar-refractivity contribution is 6.35. The van der Waals surface area contributed by atoms with Crippen LogP contribution in [0.1, 0.15) is 42.1 Å². The molecule has 0 saturated heterocycles. The average Bonchev–Trinajstić information content (AvgIpc) is 2.62. The van der Waals surface area contributed by atoms with Crippen molar-refractivity contribution in [1.29, 1.82) is 0 Å². The number of carbonyl (C=O) groups excluding carboxylic acids is 2. The number of hydrogen-bond donors (Lipinski definition) is 0. The van der Waals surface area contributed by atoms with E-state index in [9.17, 15) is 9.59 Å². The van der Waals surface area contributed by atoms with Gasteiger partial charge in [-0.05, 0) is 31.0 Å². The van der Waals surface area contributed by atoms with Gasteiger partial charge in [-0.1, -0.05) is 54.9 Å². The summed E-state index contributed by atoms with van der Waals surface area (Å²) in [6.07, 6.45) is 0.385. The van der Waals surface area contributed by atoms with E-state index >= 15 is 0 Å². The van der Waals surface area contributed by atoms with Gasteiger partial charge >= 0.3 is 5.97 Å². The quantitative estimate of drug-likeness (QED) is 0.409. The Labute approximate surface area is 152 Å². The predicted octanol–water partition coefficient (Wildman–Crippen LogP) is 4.66. The Morgan fingerprint density at radius 2 is 1.76 bits per heavy atom. The minimum Gasteiger partial charge on any atom is -0.496 e. The summed E-state index contributed by atoms with van der Waals surface area (Å²) < 4.78 is 10.7. The second kappa shape index (κ2) is 8.67. The smallest absolute Gasteiger partial charge is 0.321 e. The van der Waals surface area contributed by atoms with Gasteiger partial charge in [0.25, 0.3) is 0 Å². The van der Waals surface area contributed by atoms with Crippen molar-refractivity contribution in [3.05, 3.63) is 64.7 Å². The third kappa shape index (κ3) is 4.40. The third-order valence-corrected chi connectivity index (χ3v) is 4.28. The molecule has 132 valence electrons. The summed E-state index contributed by atoms with van der Waals surface area (Å²) in [5, 5.41) is 0.238. The molecule has 4 nitrogen and oxygen atoms in total. The molecular formula is C20H21ClO4. The topological polar surface area (TPSA) is 52.6 Å². The fourth-order valence-corrected chi connectivity index (χ4v) is 2.71. The molecule has 0 aliphatic carbocycles. The number of esters is 1. The highest BCUT2D eigenvalue weighted by atomic mass is 35.5. The van der Waals surface area contributed by atoms with Crippen LogP contribution in [0.15, 0.2) is 48.5 Å². The summed E-state index contributed by atoms with van der Waals surface area (Å²) in [7, 11) is 1.46. The fourth-order valence-electron chi connectivity index (χ4n) is 2.45. The van der Waals surface area contributed by atoms with Crippen molar-refractivity contribution in [1.82, 2.24) is 0 Å². The zero-order valence-electron chi connectivity index (χ0n) is 14.5. The second-order valence-corrected chi connectivity index (χ2v) is 6.09. The van der Waals surface area contributed by atoms with Gasteiger partial charge in [-0.2, -0.15) is 0 Å². The van der Waals surface area contributed by atoms with Gasteiger partial charge in [-0.25, -0.2) is 0 Å². The van der Waals surface area contributed by atoms with Crippen LogP contribution in [0, 0.1) is 0 Å². The number of hydrogen-bond acceptors (Lipinski definition) is 4. The molecule has 5 heteroatoms. The molecule has 2 rings (SSSR count). The average molecular weight is 361 g/mol. The first-order valence-electron chi connectivity index (χ1n) is 8.11. The molecule has 0 heterocycles. The van der Waals surface area contributed by atoms with Crippen LogP contribution in [-0.2, 0) is 9.53 Å². The number of benzene rings is 2. The number of carbonyl (C=O) groups is 2. The van der Waals surface area contributed by atoms with Crippen LogP contribution in [0.3, 0.4) is 0 Å². The monoisotopic (exact) mass is 360 g/mol. The number of ketones is 1. The molecular weight excluding hydrogens is 340 g/mol. The molecule has 0 fully saturated rings. The molecule has 2 aromatic rings. The molecule has 0 aliphatic heterocycles. The highest BCUT2D eigenvalue weighted by Crippen LogP contribution is 2.32. The lowest BCUT2D eigenvalue weighted by Crippen LogP contribution is -2.27. The van der Waals surface area contributed by atoms with Crippen molar-refractivity contribution >= 4 is 23.4 Å². The van der Waals surface area contributed by atoms with Gasteiger partial charge < -0.3 is 9.47 Å². The van der Waals surface area contributed by atoms with Gasteiger partial charge in [0.15, 0.2) is 5.78 Å². The van der Waals surface area contributed by atoms with Gasteiger partial charge in [-0.3, -0.25) is 9.59 Å². The summed E-state index contributed by atoms with van der Waals surface area (Å²) in [5.74, 6) is -1.80. The maximum atomic E-state index is 13.2. The molecule has 0 aliphatic rings. The van der Waals surface area contributed by atoms with Crippen LogP contribution in [0.5, 0.6) is 5.75 Å². The van der Waals surface area contributed by atoms with E-state index in [0.717, 1.165) is 0 Å². The van der Waals surface area contributed by atoms with E-state index in [-0.39, 0.29) is 16.7 Å². The molecule has 0 aromatic heterocycles. The van der Waals surface area contributed by atoms with Gasteiger partial charge in [0.1, 0.15) is 11.7 Å². The van der Waals surface area contributed by atoms with E-state index in [1.54, 1.807) is 49.4 Å². The Morgan fingerprint density at radius 3 is 2.36 bits per heavy atom. The maximum absolute atomic E-state index is 13.2. The first-order chi connectivity index (χ1) is 12.0.